The first-order valence-electron chi connectivity index (χ1n) is 8.91. The maximum atomic E-state index is 12.8. The number of amides is 4. The van der Waals surface area contributed by atoms with Crippen LogP contribution in [0.3, 0.4) is 0 Å². The molecule has 9 nitrogen and oxygen atoms in total. The Morgan fingerprint density at radius 3 is 2.70 bits per heavy atom. The number of imidazole rings is 1. The van der Waals surface area contributed by atoms with E-state index in [0.717, 1.165) is 17.9 Å². The average molecular weight is 368 g/mol. The smallest absolute Gasteiger partial charge is 0.322 e. The van der Waals surface area contributed by atoms with Crippen molar-refractivity contribution in [3.63, 3.8) is 0 Å². The number of rotatable bonds is 3. The van der Waals surface area contributed by atoms with Crippen molar-refractivity contribution in [3.8, 4) is 5.82 Å². The van der Waals surface area contributed by atoms with Crippen molar-refractivity contribution in [2.45, 2.75) is 38.1 Å². The molecule has 0 unspecified atom stereocenters. The van der Waals surface area contributed by atoms with Crippen molar-refractivity contribution < 1.29 is 14.4 Å². The maximum Gasteiger partial charge on any atom is 0.344 e. The summed E-state index contributed by atoms with van der Waals surface area (Å²) in [6.45, 7) is 2.13. The summed E-state index contributed by atoms with van der Waals surface area (Å²) < 4.78 is 1.70. The highest BCUT2D eigenvalue weighted by atomic mass is 16.2. The van der Waals surface area contributed by atoms with Crippen LogP contribution in [0, 0.1) is 5.92 Å². The van der Waals surface area contributed by atoms with Gasteiger partial charge in [0.25, 0.3) is 11.8 Å². The summed E-state index contributed by atoms with van der Waals surface area (Å²) >= 11 is 0. The zero-order chi connectivity index (χ0) is 19.0. The number of hydrazine groups is 1. The van der Waals surface area contributed by atoms with Crippen LogP contribution in [0.1, 0.15) is 43.0 Å². The van der Waals surface area contributed by atoms with Crippen LogP contribution in [0.4, 0.5) is 4.79 Å². The average Bonchev–Trinajstić information content (AvgIpc) is 3.28. The summed E-state index contributed by atoms with van der Waals surface area (Å²) in [5.74, 6) is 0.179. The lowest BCUT2D eigenvalue weighted by Gasteiger charge is -2.33. The first-order chi connectivity index (χ1) is 13.0. The molecule has 0 bridgehead atoms. The maximum absolute atomic E-state index is 12.8. The number of pyridine rings is 1. The summed E-state index contributed by atoms with van der Waals surface area (Å²) in [5.41, 5.74) is 1.76. The quantitative estimate of drug-likeness (QED) is 0.796. The Bertz CT molecular complexity index is 869. The lowest BCUT2D eigenvalue weighted by Crippen LogP contribution is -2.51. The standard InChI is InChI=1S/C18H20N6O3/c1-12-4-6-18(7-5-12)16(26)24(17(27)21-18)22-15(25)13-2-3-14(20-10-13)23-9-8-19-11-23/h2-3,8-12H,4-7H2,1H3,(H,21,27)(H,22,25). The minimum Gasteiger partial charge on any atom is -0.322 e. The van der Waals surface area contributed by atoms with Crippen LogP contribution in [-0.2, 0) is 4.79 Å². The van der Waals surface area contributed by atoms with Crippen LogP contribution < -0.4 is 10.7 Å². The fourth-order valence-electron chi connectivity index (χ4n) is 3.55. The third-order valence-corrected chi connectivity index (χ3v) is 5.28. The monoisotopic (exact) mass is 368 g/mol. The SMILES string of the molecule is CC1CCC2(CC1)NC(=O)N(NC(=O)c1ccc(-n3ccnc3)nc1)C2=O. The van der Waals surface area contributed by atoms with E-state index < -0.39 is 23.4 Å². The van der Waals surface area contributed by atoms with Crippen molar-refractivity contribution in [1.82, 2.24) is 30.3 Å². The molecule has 4 rings (SSSR count). The van der Waals surface area contributed by atoms with Gasteiger partial charge in [0.1, 0.15) is 17.7 Å². The second-order valence-electron chi connectivity index (χ2n) is 7.15. The summed E-state index contributed by atoms with van der Waals surface area (Å²) in [7, 11) is 0. The zero-order valence-electron chi connectivity index (χ0n) is 14.9. The van der Waals surface area contributed by atoms with Gasteiger partial charge in [-0.25, -0.2) is 14.8 Å². The fourth-order valence-corrected chi connectivity index (χ4v) is 3.55. The van der Waals surface area contributed by atoms with Gasteiger partial charge >= 0.3 is 6.03 Å². The normalized spacial score (nSPS) is 24.9. The van der Waals surface area contributed by atoms with E-state index in [9.17, 15) is 14.4 Å². The molecule has 2 N–H and O–H groups in total. The Hall–Kier alpha value is -3.23. The van der Waals surface area contributed by atoms with Gasteiger partial charge in [-0.05, 0) is 43.7 Å². The lowest BCUT2D eigenvalue weighted by atomic mass is 9.77. The second kappa shape index (κ2) is 6.49. The molecule has 140 valence electrons. The Morgan fingerprint density at radius 2 is 2.07 bits per heavy atom. The van der Waals surface area contributed by atoms with E-state index in [1.54, 1.807) is 35.4 Å². The molecule has 1 aliphatic heterocycles. The molecular weight excluding hydrogens is 348 g/mol. The topological polar surface area (TPSA) is 109 Å². The van der Waals surface area contributed by atoms with Crippen molar-refractivity contribution in [3.05, 3.63) is 42.6 Å². The number of nitrogens with one attached hydrogen (secondary N) is 2. The Balaban J connectivity index is 1.46. The number of hydrogen-bond acceptors (Lipinski definition) is 5. The highest BCUT2D eigenvalue weighted by Gasteiger charge is 2.52. The van der Waals surface area contributed by atoms with E-state index >= 15 is 0 Å². The third kappa shape index (κ3) is 3.05. The fraction of sp³-hybridized carbons (Fsp3) is 0.389. The lowest BCUT2D eigenvalue weighted by molar-refractivity contribution is -0.134. The number of imide groups is 1. The van der Waals surface area contributed by atoms with Crippen molar-refractivity contribution in [2.24, 2.45) is 5.92 Å². The molecule has 2 fully saturated rings. The Labute approximate surface area is 155 Å². The molecule has 0 radical (unpaired) electrons. The van der Waals surface area contributed by atoms with Gasteiger partial charge in [0.05, 0.1) is 5.56 Å². The first-order valence-corrected chi connectivity index (χ1v) is 8.91. The molecule has 9 heteroatoms. The molecule has 4 amide bonds. The summed E-state index contributed by atoms with van der Waals surface area (Å²) in [5, 5.41) is 3.56. The molecule has 0 atom stereocenters. The van der Waals surface area contributed by atoms with Crippen LogP contribution in [0.2, 0.25) is 0 Å². The molecular formula is C18H20N6O3. The van der Waals surface area contributed by atoms with Crippen LogP contribution in [0.15, 0.2) is 37.1 Å². The Morgan fingerprint density at radius 1 is 1.30 bits per heavy atom. The largest absolute Gasteiger partial charge is 0.344 e. The molecule has 1 spiro atoms. The van der Waals surface area contributed by atoms with E-state index in [2.05, 4.69) is 27.6 Å². The van der Waals surface area contributed by atoms with Gasteiger partial charge in [-0.15, -0.1) is 0 Å². The van der Waals surface area contributed by atoms with Gasteiger partial charge < -0.3 is 5.32 Å². The van der Waals surface area contributed by atoms with Gasteiger partial charge in [0, 0.05) is 18.6 Å². The molecule has 0 aromatic carbocycles. The molecule has 1 saturated carbocycles. The van der Waals surface area contributed by atoms with Gasteiger partial charge in [0.15, 0.2) is 0 Å². The molecule has 1 saturated heterocycles. The van der Waals surface area contributed by atoms with Crippen LogP contribution in [0.5, 0.6) is 0 Å². The first kappa shape index (κ1) is 17.2. The molecule has 3 heterocycles. The molecule has 1 aliphatic carbocycles. The van der Waals surface area contributed by atoms with Crippen LogP contribution in [-0.4, -0.2) is 42.9 Å². The number of carbonyl (C=O) groups excluding carboxylic acids is 3. The predicted molar refractivity (Wildman–Crippen MR) is 94.6 cm³/mol. The van der Waals surface area contributed by atoms with Gasteiger partial charge in [-0.2, -0.15) is 5.01 Å². The summed E-state index contributed by atoms with van der Waals surface area (Å²) in [4.78, 5) is 45.7. The second-order valence-corrected chi connectivity index (χ2v) is 7.15. The molecule has 2 aliphatic rings. The molecule has 2 aromatic heterocycles. The number of nitrogens with zero attached hydrogens (tertiary/aromatic N) is 4. The van der Waals surface area contributed by atoms with Crippen molar-refractivity contribution in [1.29, 1.82) is 0 Å². The van der Waals surface area contributed by atoms with Crippen LogP contribution >= 0.6 is 0 Å². The highest BCUT2D eigenvalue weighted by molar-refractivity contribution is 6.09. The highest BCUT2D eigenvalue weighted by Crippen LogP contribution is 2.35. The molecule has 27 heavy (non-hydrogen) atoms. The minimum absolute atomic E-state index is 0.248. The number of urea groups is 1. The summed E-state index contributed by atoms with van der Waals surface area (Å²) in [6.07, 6.45) is 9.27. The Kier molecular flexibility index (Phi) is 4.14. The van der Waals surface area contributed by atoms with E-state index in [4.69, 9.17) is 0 Å². The van der Waals surface area contributed by atoms with E-state index in [1.165, 1.54) is 6.20 Å². The van der Waals surface area contributed by atoms with Gasteiger partial charge in [-0.1, -0.05) is 6.92 Å². The van der Waals surface area contributed by atoms with E-state index in [-0.39, 0.29) is 5.56 Å². The molecule has 2 aromatic rings. The third-order valence-electron chi connectivity index (χ3n) is 5.28. The number of hydrogen-bond donors (Lipinski definition) is 2. The van der Waals surface area contributed by atoms with Gasteiger partial charge in [-0.3, -0.25) is 19.6 Å². The van der Waals surface area contributed by atoms with Crippen molar-refractivity contribution >= 4 is 17.8 Å². The van der Waals surface area contributed by atoms with Gasteiger partial charge in [0.2, 0.25) is 0 Å². The number of aromatic nitrogens is 3. The summed E-state index contributed by atoms with van der Waals surface area (Å²) in [6, 6.07) is 2.65. The van der Waals surface area contributed by atoms with Crippen molar-refractivity contribution in [2.75, 3.05) is 0 Å². The predicted octanol–water partition coefficient (Wildman–Crippen LogP) is 1.41. The van der Waals surface area contributed by atoms with Crippen LogP contribution in [0.25, 0.3) is 5.82 Å². The number of carbonyl (C=O) groups is 3. The van der Waals surface area contributed by atoms with E-state index in [1.807, 2.05) is 0 Å². The van der Waals surface area contributed by atoms with E-state index in [0.29, 0.717) is 24.6 Å². The minimum atomic E-state index is -0.888. The zero-order valence-corrected chi connectivity index (χ0v) is 14.9.